The fraction of sp³-hybridized carbons (Fsp3) is 0.0870. The van der Waals surface area contributed by atoms with Gasteiger partial charge in [-0.15, -0.1) is 10.2 Å². The third-order valence-electron chi connectivity index (χ3n) is 4.49. The third kappa shape index (κ3) is 5.25. The summed E-state index contributed by atoms with van der Waals surface area (Å²) in [5.41, 5.74) is 2.61. The molecule has 3 aromatic carbocycles. The van der Waals surface area contributed by atoms with Crippen LogP contribution in [0.15, 0.2) is 84.0 Å². The van der Waals surface area contributed by atoms with Crippen LogP contribution in [0.4, 0.5) is 0 Å². The summed E-state index contributed by atoms with van der Waals surface area (Å²) >= 11 is 7.50. The maximum Gasteiger partial charge on any atom is 0.230 e. The molecule has 31 heavy (non-hydrogen) atoms. The molecule has 1 amide bonds. The Balaban J connectivity index is 1.55. The van der Waals surface area contributed by atoms with Gasteiger partial charge in [-0.2, -0.15) is 0 Å². The van der Waals surface area contributed by atoms with Crippen molar-refractivity contribution in [1.29, 1.82) is 0 Å². The third-order valence-corrected chi connectivity index (χ3v) is 5.65. The minimum atomic E-state index is -0.0966. The molecule has 156 valence electrons. The van der Waals surface area contributed by atoms with E-state index in [1.54, 1.807) is 30.3 Å². The van der Waals surface area contributed by atoms with Gasteiger partial charge in [-0.05, 0) is 48.0 Å². The average molecular weight is 451 g/mol. The standard InChI is InChI=1S/C23H19ClN4O2S/c24-18-7-4-8-19(13-18)28-22(17-9-11-20(29)12-10-17)26-27-23(28)31-15-21(30)25-14-16-5-2-1-3-6-16/h1-13,29H,14-15H2,(H,25,30). The van der Waals surface area contributed by atoms with E-state index in [0.717, 1.165) is 16.8 Å². The highest BCUT2D eigenvalue weighted by Gasteiger charge is 2.17. The lowest BCUT2D eigenvalue weighted by Gasteiger charge is -2.11. The molecular formula is C23H19ClN4O2S. The second kappa shape index (κ2) is 9.68. The highest BCUT2D eigenvalue weighted by atomic mass is 35.5. The molecule has 2 N–H and O–H groups in total. The number of halogens is 1. The van der Waals surface area contributed by atoms with Crippen molar-refractivity contribution in [3.05, 3.63) is 89.4 Å². The number of nitrogens with zero attached hydrogens (tertiary/aromatic N) is 3. The number of amides is 1. The zero-order chi connectivity index (χ0) is 21.6. The molecule has 4 aromatic rings. The summed E-state index contributed by atoms with van der Waals surface area (Å²) in [6.45, 7) is 0.472. The molecule has 0 bridgehead atoms. The van der Waals surface area contributed by atoms with E-state index < -0.39 is 0 Å². The molecule has 0 aliphatic heterocycles. The molecule has 0 unspecified atom stereocenters. The lowest BCUT2D eigenvalue weighted by Crippen LogP contribution is -2.24. The Morgan fingerprint density at radius 3 is 2.52 bits per heavy atom. The molecule has 0 atom stereocenters. The van der Waals surface area contributed by atoms with E-state index in [9.17, 15) is 9.90 Å². The molecule has 0 aliphatic carbocycles. The first kappa shape index (κ1) is 21.0. The fourth-order valence-electron chi connectivity index (χ4n) is 2.99. The topological polar surface area (TPSA) is 80.0 Å². The number of thioether (sulfide) groups is 1. The van der Waals surface area contributed by atoms with Gasteiger partial charge in [0.15, 0.2) is 11.0 Å². The summed E-state index contributed by atoms with van der Waals surface area (Å²) in [5, 5.41) is 22.3. The van der Waals surface area contributed by atoms with Crippen LogP contribution in [-0.4, -0.2) is 31.5 Å². The van der Waals surface area contributed by atoms with E-state index >= 15 is 0 Å². The summed E-state index contributed by atoms with van der Waals surface area (Å²) in [7, 11) is 0. The van der Waals surface area contributed by atoms with Crippen LogP contribution in [0, 0.1) is 0 Å². The number of aromatic hydroxyl groups is 1. The zero-order valence-corrected chi connectivity index (χ0v) is 18.0. The fourth-order valence-corrected chi connectivity index (χ4v) is 3.95. The van der Waals surface area contributed by atoms with Gasteiger partial charge in [-0.1, -0.05) is 59.8 Å². The monoisotopic (exact) mass is 450 g/mol. The van der Waals surface area contributed by atoms with Crippen LogP contribution in [0.3, 0.4) is 0 Å². The Hall–Kier alpha value is -3.29. The quantitative estimate of drug-likeness (QED) is 0.399. The van der Waals surface area contributed by atoms with Gasteiger partial charge in [0.1, 0.15) is 5.75 Å². The summed E-state index contributed by atoms with van der Waals surface area (Å²) in [6.07, 6.45) is 0. The molecule has 0 fully saturated rings. The minimum absolute atomic E-state index is 0.0966. The van der Waals surface area contributed by atoms with E-state index in [4.69, 9.17) is 11.6 Å². The van der Waals surface area contributed by atoms with Crippen LogP contribution < -0.4 is 5.32 Å². The summed E-state index contributed by atoms with van der Waals surface area (Å²) in [6, 6.07) is 23.8. The predicted molar refractivity (Wildman–Crippen MR) is 122 cm³/mol. The van der Waals surface area contributed by atoms with Crippen molar-refractivity contribution in [3.63, 3.8) is 0 Å². The first-order chi connectivity index (χ1) is 15.1. The van der Waals surface area contributed by atoms with Gasteiger partial charge >= 0.3 is 0 Å². The van der Waals surface area contributed by atoms with Crippen molar-refractivity contribution in [3.8, 4) is 22.8 Å². The van der Waals surface area contributed by atoms with Crippen LogP contribution in [-0.2, 0) is 11.3 Å². The number of hydrogen-bond acceptors (Lipinski definition) is 5. The normalized spacial score (nSPS) is 10.7. The molecule has 6 nitrogen and oxygen atoms in total. The maximum atomic E-state index is 12.4. The Morgan fingerprint density at radius 2 is 1.77 bits per heavy atom. The van der Waals surface area contributed by atoms with Crippen molar-refractivity contribution in [1.82, 2.24) is 20.1 Å². The van der Waals surface area contributed by atoms with Crippen LogP contribution >= 0.6 is 23.4 Å². The Morgan fingerprint density at radius 1 is 1.00 bits per heavy atom. The molecular weight excluding hydrogens is 432 g/mol. The number of phenols is 1. The second-order valence-electron chi connectivity index (χ2n) is 6.72. The molecule has 0 saturated heterocycles. The highest BCUT2D eigenvalue weighted by Crippen LogP contribution is 2.29. The molecule has 0 aliphatic rings. The number of benzene rings is 3. The van der Waals surface area contributed by atoms with Gasteiger partial charge in [0.25, 0.3) is 0 Å². The lowest BCUT2D eigenvalue weighted by molar-refractivity contribution is -0.118. The molecule has 0 radical (unpaired) electrons. The van der Waals surface area contributed by atoms with Gasteiger partial charge in [-0.25, -0.2) is 0 Å². The molecule has 0 spiro atoms. The number of rotatable bonds is 7. The van der Waals surface area contributed by atoms with Crippen LogP contribution in [0.5, 0.6) is 5.75 Å². The van der Waals surface area contributed by atoms with Crippen molar-refractivity contribution in [2.24, 2.45) is 0 Å². The first-order valence-electron chi connectivity index (χ1n) is 9.54. The molecule has 0 saturated carbocycles. The maximum absolute atomic E-state index is 12.4. The van der Waals surface area contributed by atoms with E-state index in [2.05, 4.69) is 15.5 Å². The Labute approximate surface area is 188 Å². The van der Waals surface area contributed by atoms with E-state index in [1.807, 2.05) is 53.1 Å². The number of carbonyl (C=O) groups is 1. The lowest BCUT2D eigenvalue weighted by atomic mass is 10.2. The SMILES string of the molecule is O=C(CSc1nnc(-c2ccc(O)cc2)n1-c1cccc(Cl)c1)NCc1ccccc1. The first-order valence-corrected chi connectivity index (χ1v) is 10.9. The molecule has 1 heterocycles. The van der Waals surface area contributed by atoms with Gasteiger partial charge in [-0.3, -0.25) is 9.36 Å². The number of carbonyl (C=O) groups excluding carboxylic acids is 1. The number of phenolic OH excluding ortho intramolecular Hbond substituents is 1. The van der Waals surface area contributed by atoms with Gasteiger partial charge in [0.05, 0.1) is 11.4 Å². The van der Waals surface area contributed by atoms with Crippen molar-refractivity contribution >= 4 is 29.3 Å². The number of hydrogen-bond donors (Lipinski definition) is 2. The minimum Gasteiger partial charge on any atom is -0.508 e. The largest absolute Gasteiger partial charge is 0.508 e. The predicted octanol–water partition coefficient (Wildman–Crippen LogP) is 4.70. The van der Waals surface area contributed by atoms with Gasteiger partial charge in [0.2, 0.25) is 5.91 Å². The Bertz CT molecular complexity index is 1180. The van der Waals surface area contributed by atoms with Crippen molar-refractivity contribution in [2.45, 2.75) is 11.7 Å². The van der Waals surface area contributed by atoms with Gasteiger partial charge in [0, 0.05) is 17.1 Å². The highest BCUT2D eigenvalue weighted by molar-refractivity contribution is 7.99. The van der Waals surface area contributed by atoms with Crippen LogP contribution in [0.25, 0.3) is 17.1 Å². The van der Waals surface area contributed by atoms with Crippen LogP contribution in [0.1, 0.15) is 5.56 Å². The summed E-state index contributed by atoms with van der Waals surface area (Å²) in [5.74, 6) is 0.860. The summed E-state index contributed by atoms with van der Waals surface area (Å²) < 4.78 is 1.85. The Kier molecular flexibility index (Phi) is 6.54. The number of nitrogens with one attached hydrogen (secondary N) is 1. The van der Waals surface area contributed by atoms with E-state index in [0.29, 0.717) is 22.5 Å². The molecule has 1 aromatic heterocycles. The molecule has 4 rings (SSSR count). The molecule has 8 heteroatoms. The summed E-state index contributed by atoms with van der Waals surface area (Å²) in [4.78, 5) is 12.4. The van der Waals surface area contributed by atoms with Crippen molar-refractivity contribution < 1.29 is 9.90 Å². The zero-order valence-electron chi connectivity index (χ0n) is 16.4. The second-order valence-corrected chi connectivity index (χ2v) is 8.10. The van der Waals surface area contributed by atoms with Crippen LogP contribution in [0.2, 0.25) is 5.02 Å². The van der Waals surface area contributed by atoms with Crippen molar-refractivity contribution in [2.75, 3.05) is 5.75 Å². The smallest absolute Gasteiger partial charge is 0.230 e. The average Bonchev–Trinajstić information content (AvgIpc) is 3.21. The number of aromatic nitrogens is 3. The van der Waals surface area contributed by atoms with E-state index in [-0.39, 0.29) is 17.4 Å². The van der Waals surface area contributed by atoms with E-state index in [1.165, 1.54) is 11.8 Å². The van der Waals surface area contributed by atoms with Gasteiger partial charge < -0.3 is 10.4 Å².